The molecule has 2 aliphatic heterocycles. The number of nitrogens with zero attached hydrogens (tertiary/aromatic N) is 5. The maximum Gasteiger partial charge on any atom is 0.277 e. The van der Waals surface area contributed by atoms with Crippen LogP contribution in [0.5, 0.6) is 5.88 Å². The number of hydrogen-bond acceptors (Lipinski definition) is 8. The molecular weight excluding hydrogens is 558 g/mol. The van der Waals surface area contributed by atoms with Crippen molar-refractivity contribution >= 4 is 23.0 Å². The molecule has 0 spiro atoms. The van der Waals surface area contributed by atoms with E-state index >= 15 is 0 Å². The number of halogens is 1. The first-order valence-electron chi connectivity index (χ1n) is 14.0. The zero-order chi connectivity index (χ0) is 29.6. The van der Waals surface area contributed by atoms with Gasteiger partial charge in [0.15, 0.2) is 0 Å². The van der Waals surface area contributed by atoms with Gasteiger partial charge in [-0.3, -0.25) is 19.1 Å². The lowest BCUT2D eigenvalue weighted by molar-refractivity contribution is -0.119. The predicted octanol–water partition coefficient (Wildman–Crippen LogP) is 2.36. The summed E-state index contributed by atoms with van der Waals surface area (Å²) in [6, 6.07) is 11.5. The molecule has 3 N–H and O–H groups in total. The van der Waals surface area contributed by atoms with E-state index < -0.39 is 5.60 Å². The average Bonchev–Trinajstić information content (AvgIpc) is 3.56. The van der Waals surface area contributed by atoms with E-state index in [0.29, 0.717) is 67.1 Å². The van der Waals surface area contributed by atoms with E-state index in [0.717, 1.165) is 28.7 Å². The van der Waals surface area contributed by atoms with Crippen molar-refractivity contribution in [2.24, 2.45) is 7.05 Å². The topological polar surface area (TPSA) is 126 Å². The highest BCUT2D eigenvalue weighted by atomic mass is 35.5. The summed E-state index contributed by atoms with van der Waals surface area (Å²) in [7, 11) is 3.30. The zero-order valence-corrected chi connectivity index (χ0v) is 24.6. The van der Waals surface area contributed by atoms with E-state index in [1.54, 1.807) is 36.2 Å². The van der Waals surface area contributed by atoms with Crippen LogP contribution < -0.4 is 20.9 Å². The minimum absolute atomic E-state index is 0.0969. The SMILES string of the molecule is COc1nc(-c2cccc(-c3cc4c(=O)n(C)c(CN5CC(C)(O)C5)nn4c3)c2Cl)ccc1CNC[C@@H]1CCC(=O)N1. The van der Waals surface area contributed by atoms with E-state index in [1.165, 1.54) is 0 Å². The molecule has 11 nitrogen and oxygen atoms in total. The Labute approximate surface area is 248 Å². The Morgan fingerprint density at radius 1 is 1.21 bits per heavy atom. The van der Waals surface area contributed by atoms with Gasteiger partial charge in [-0.25, -0.2) is 9.50 Å². The van der Waals surface area contributed by atoms with Crippen molar-refractivity contribution in [2.75, 3.05) is 26.7 Å². The van der Waals surface area contributed by atoms with Gasteiger partial charge in [-0.05, 0) is 25.5 Å². The third kappa shape index (κ3) is 5.52. The number of hydrogen-bond donors (Lipinski definition) is 3. The van der Waals surface area contributed by atoms with Gasteiger partial charge in [0.1, 0.15) is 11.3 Å². The molecule has 2 aliphatic rings. The summed E-state index contributed by atoms with van der Waals surface area (Å²) in [5, 5.41) is 21.6. The van der Waals surface area contributed by atoms with E-state index in [2.05, 4.69) is 15.5 Å². The Hall–Kier alpha value is -3.77. The number of likely N-dealkylation sites (tertiary alicyclic amines) is 1. The fourth-order valence-corrected chi connectivity index (χ4v) is 6.12. The molecule has 6 rings (SSSR count). The minimum atomic E-state index is -0.698. The Balaban J connectivity index is 1.25. The largest absolute Gasteiger partial charge is 0.481 e. The van der Waals surface area contributed by atoms with Gasteiger partial charge in [-0.1, -0.05) is 35.9 Å². The lowest BCUT2D eigenvalue weighted by atomic mass is 9.97. The van der Waals surface area contributed by atoms with Gasteiger partial charge in [0.2, 0.25) is 11.8 Å². The highest BCUT2D eigenvalue weighted by molar-refractivity contribution is 6.36. The molecule has 0 aliphatic carbocycles. The second-order valence-corrected chi connectivity index (χ2v) is 11.8. The highest BCUT2D eigenvalue weighted by Crippen LogP contribution is 2.37. The molecule has 1 amide bonds. The van der Waals surface area contributed by atoms with E-state index in [9.17, 15) is 14.7 Å². The summed E-state index contributed by atoms with van der Waals surface area (Å²) in [6.07, 6.45) is 3.22. The van der Waals surface area contributed by atoms with Gasteiger partial charge in [-0.15, -0.1) is 0 Å². The van der Waals surface area contributed by atoms with Gasteiger partial charge in [0, 0.05) is 74.1 Å². The molecule has 0 bridgehead atoms. The van der Waals surface area contributed by atoms with Crippen LogP contribution >= 0.6 is 11.6 Å². The maximum absolute atomic E-state index is 13.2. The van der Waals surface area contributed by atoms with E-state index in [4.69, 9.17) is 26.4 Å². The van der Waals surface area contributed by atoms with Crippen LogP contribution in [0.25, 0.3) is 27.9 Å². The third-order valence-electron chi connectivity index (χ3n) is 7.94. The molecule has 5 heterocycles. The zero-order valence-electron chi connectivity index (χ0n) is 23.9. The van der Waals surface area contributed by atoms with Gasteiger partial charge in [0.25, 0.3) is 5.56 Å². The van der Waals surface area contributed by atoms with Crippen molar-refractivity contribution in [3.8, 4) is 28.3 Å². The monoisotopic (exact) mass is 591 g/mol. The molecule has 0 radical (unpaired) electrons. The summed E-state index contributed by atoms with van der Waals surface area (Å²) in [4.78, 5) is 31.4. The number of benzene rings is 1. The number of β-amino-alcohol motifs (C(OH)–C–C–N with tert-alkyl or cyclic N) is 1. The second kappa shape index (κ2) is 11.1. The summed E-state index contributed by atoms with van der Waals surface area (Å²) in [5.41, 5.74) is 3.42. The number of pyridine rings is 1. The van der Waals surface area contributed by atoms with Crippen LogP contribution in [0.3, 0.4) is 0 Å². The summed E-state index contributed by atoms with van der Waals surface area (Å²) < 4.78 is 8.76. The fourth-order valence-electron chi connectivity index (χ4n) is 5.78. The second-order valence-electron chi connectivity index (χ2n) is 11.4. The first-order valence-corrected chi connectivity index (χ1v) is 14.4. The van der Waals surface area contributed by atoms with Crippen molar-refractivity contribution in [3.63, 3.8) is 0 Å². The van der Waals surface area contributed by atoms with Crippen LogP contribution in [0.15, 0.2) is 47.4 Å². The predicted molar refractivity (Wildman–Crippen MR) is 159 cm³/mol. The van der Waals surface area contributed by atoms with Gasteiger partial charge < -0.3 is 20.5 Å². The van der Waals surface area contributed by atoms with Crippen LogP contribution in [0.4, 0.5) is 0 Å². The van der Waals surface area contributed by atoms with Crippen LogP contribution in [-0.4, -0.2) is 73.5 Å². The van der Waals surface area contributed by atoms with Crippen LogP contribution in [0.2, 0.25) is 5.02 Å². The van der Waals surface area contributed by atoms with Crippen molar-refractivity contribution in [2.45, 2.75) is 44.5 Å². The molecule has 4 aromatic rings. The molecule has 1 atom stereocenters. The van der Waals surface area contributed by atoms with Gasteiger partial charge in [-0.2, -0.15) is 5.10 Å². The van der Waals surface area contributed by atoms with Gasteiger partial charge in [0.05, 0.1) is 30.0 Å². The summed E-state index contributed by atoms with van der Waals surface area (Å²) >= 11 is 6.96. The van der Waals surface area contributed by atoms with Gasteiger partial charge >= 0.3 is 0 Å². The number of amides is 1. The number of fused-ring (bicyclic) bond motifs is 1. The first kappa shape index (κ1) is 28.4. The van der Waals surface area contributed by atoms with Crippen molar-refractivity contribution < 1.29 is 14.6 Å². The lowest BCUT2D eigenvalue weighted by Crippen LogP contribution is -2.59. The van der Waals surface area contributed by atoms with Crippen LogP contribution in [-0.2, 0) is 24.9 Å². The Bertz CT molecular complexity index is 1720. The highest BCUT2D eigenvalue weighted by Gasteiger charge is 2.36. The molecule has 220 valence electrons. The molecule has 42 heavy (non-hydrogen) atoms. The molecule has 1 aromatic carbocycles. The molecule has 12 heteroatoms. The standard InChI is InChI=1S/C30H34ClN7O4/c1-30(41)16-37(17-30)15-25-35-38-14-19(11-24(38)29(40)36(25)2)21-5-4-6-22(27(21)31)23-9-7-18(28(34-23)42-3)12-32-13-20-8-10-26(39)33-20/h4-7,9,11,14,20,32,41H,8,10,12-13,15-17H2,1-3H3,(H,33,39)/t20-/m0/s1. The number of carbonyl (C=O) groups excluding carboxylic acids is 1. The van der Waals surface area contributed by atoms with Crippen molar-refractivity contribution in [1.82, 2.24) is 34.7 Å². The van der Waals surface area contributed by atoms with Crippen LogP contribution in [0, 0.1) is 0 Å². The smallest absolute Gasteiger partial charge is 0.277 e. The third-order valence-corrected chi connectivity index (χ3v) is 8.34. The minimum Gasteiger partial charge on any atom is -0.481 e. The summed E-state index contributed by atoms with van der Waals surface area (Å²) in [5.74, 6) is 1.21. The number of aliphatic hydroxyl groups is 1. The fraction of sp³-hybridized carbons (Fsp3) is 0.400. The Morgan fingerprint density at radius 3 is 2.71 bits per heavy atom. The number of rotatable bonds is 9. The molecule has 2 saturated heterocycles. The van der Waals surface area contributed by atoms with Crippen LogP contribution in [0.1, 0.15) is 31.2 Å². The number of ether oxygens (including phenoxy) is 1. The molecule has 0 saturated carbocycles. The Kier molecular flexibility index (Phi) is 7.52. The quantitative estimate of drug-likeness (QED) is 0.271. The van der Waals surface area contributed by atoms with E-state index in [-0.39, 0.29) is 17.5 Å². The van der Waals surface area contributed by atoms with Crippen molar-refractivity contribution in [3.05, 3.63) is 69.4 Å². The Morgan fingerprint density at radius 2 is 2.00 bits per heavy atom. The maximum atomic E-state index is 13.2. The number of carbonyl (C=O) groups is 1. The molecule has 2 fully saturated rings. The number of aromatic nitrogens is 4. The normalized spacial score (nSPS) is 18.3. The summed E-state index contributed by atoms with van der Waals surface area (Å²) in [6.45, 7) is 4.57. The average molecular weight is 592 g/mol. The molecule has 3 aromatic heterocycles. The molecular formula is C30H34ClN7O4. The number of methoxy groups -OCH3 is 1. The lowest BCUT2D eigenvalue weighted by Gasteiger charge is -2.44. The van der Waals surface area contributed by atoms with Crippen molar-refractivity contribution in [1.29, 1.82) is 0 Å². The molecule has 0 unspecified atom stereocenters. The van der Waals surface area contributed by atoms with E-state index in [1.807, 2.05) is 36.5 Å². The first-order chi connectivity index (χ1) is 20.1. The number of nitrogens with one attached hydrogen (secondary N) is 2.